The molecule has 3 nitrogen and oxygen atoms in total. The number of carbonyl (C=O) groups excluding carboxylic acids is 1. The van der Waals surface area contributed by atoms with Gasteiger partial charge in [-0.3, -0.25) is 4.79 Å². The van der Waals surface area contributed by atoms with Gasteiger partial charge in [0.15, 0.2) is 0 Å². The fraction of sp³-hybridized carbons (Fsp3) is 0.941. The van der Waals surface area contributed by atoms with E-state index in [0.717, 1.165) is 13.1 Å². The zero-order valence-electron chi connectivity index (χ0n) is 13.4. The van der Waals surface area contributed by atoms with Crippen LogP contribution in [-0.2, 0) is 4.79 Å². The molecule has 3 heteroatoms. The Hall–Kier alpha value is -0.570. The van der Waals surface area contributed by atoms with E-state index >= 15 is 0 Å². The van der Waals surface area contributed by atoms with Gasteiger partial charge in [-0.05, 0) is 31.6 Å². The largest absolute Gasteiger partial charge is 0.341 e. The van der Waals surface area contributed by atoms with E-state index < -0.39 is 0 Å². The maximum absolute atomic E-state index is 12.1. The van der Waals surface area contributed by atoms with Gasteiger partial charge in [-0.15, -0.1) is 0 Å². The van der Waals surface area contributed by atoms with Crippen LogP contribution in [0.2, 0.25) is 0 Å². The monoisotopic (exact) mass is 280 g/mol. The van der Waals surface area contributed by atoms with E-state index in [-0.39, 0.29) is 0 Å². The molecule has 0 aromatic heterocycles. The molecule has 1 aliphatic carbocycles. The van der Waals surface area contributed by atoms with Crippen LogP contribution in [0.4, 0.5) is 0 Å². The minimum atomic E-state index is 0.337. The number of rotatable bonds is 6. The lowest BCUT2D eigenvalue weighted by molar-refractivity contribution is -0.133. The Morgan fingerprint density at radius 1 is 1.15 bits per heavy atom. The van der Waals surface area contributed by atoms with Gasteiger partial charge in [0.25, 0.3) is 0 Å². The van der Waals surface area contributed by atoms with Crippen LogP contribution in [0.25, 0.3) is 0 Å². The third-order valence-corrected chi connectivity index (χ3v) is 4.98. The number of likely N-dealkylation sites (tertiary alicyclic amines) is 1. The number of nitrogens with zero attached hydrogens (tertiary/aromatic N) is 1. The smallest absolute Gasteiger partial charge is 0.222 e. The Bertz CT molecular complexity index is 299. The molecule has 2 atom stereocenters. The summed E-state index contributed by atoms with van der Waals surface area (Å²) in [5, 5.41) is 3.84. The molecule has 1 aliphatic heterocycles. The molecule has 20 heavy (non-hydrogen) atoms. The van der Waals surface area contributed by atoms with Gasteiger partial charge in [0.05, 0.1) is 0 Å². The molecular weight excluding hydrogens is 248 g/mol. The lowest BCUT2D eigenvalue weighted by Crippen LogP contribution is -2.53. The summed E-state index contributed by atoms with van der Waals surface area (Å²) in [6.45, 7) is 6.17. The second-order valence-electron chi connectivity index (χ2n) is 6.74. The average Bonchev–Trinajstić information content (AvgIpc) is 2.96. The fourth-order valence-electron chi connectivity index (χ4n) is 3.88. The van der Waals surface area contributed by atoms with Crippen LogP contribution in [0.5, 0.6) is 0 Å². The minimum Gasteiger partial charge on any atom is -0.341 e. The summed E-state index contributed by atoms with van der Waals surface area (Å²) in [4.78, 5) is 14.2. The third kappa shape index (κ3) is 4.47. The molecule has 116 valence electrons. The first kappa shape index (κ1) is 15.8. The Morgan fingerprint density at radius 3 is 2.55 bits per heavy atom. The molecule has 2 rings (SSSR count). The third-order valence-electron chi connectivity index (χ3n) is 4.98. The van der Waals surface area contributed by atoms with Crippen LogP contribution in [0, 0.1) is 5.92 Å². The Morgan fingerprint density at radius 2 is 1.90 bits per heavy atom. The van der Waals surface area contributed by atoms with E-state index in [1.54, 1.807) is 0 Å². The topological polar surface area (TPSA) is 32.3 Å². The molecule has 0 spiro atoms. The van der Waals surface area contributed by atoms with E-state index in [0.29, 0.717) is 30.3 Å². The van der Waals surface area contributed by atoms with Gasteiger partial charge in [0.1, 0.15) is 0 Å². The molecular formula is C17H32N2O. The highest BCUT2D eigenvalue weighted by Gasteiger charge is 2.30. The van der Waals surface area contributed by atoms with Crippen molar-refractivity contribution in [3.8, 4) is 0 Å². The van der Waals surface area contributed by atoms with Gasteiger partial charge < -0.3 is 10.2 Å². The number of hydrogen-bond donors (Lipinski definition) is 1. The molecule has 2 unspecified atom stereocenters. The Labute approximate surface area is 124 Å². The molecule has 1 N–H and O–H groups in total. The average molecular weight is 280 g/mol. The minimum absolute atomic E-state index is 0.337. The lowest BCUT2D eigenvalue weighted by Gasteiger charge is -2.39. The molecule has 0 bridgehead atoms. The maximum Gasteiger partial charge on any atom is 0.222 e. The van der Waals surface area contributed by atoms with Crippen LogP contribution in [0.15, 0.2) is 0 Å². The highest BCUT2D eigenvalue weighted by atomic mass is 16.2. The number of amides is 1. The molecule has 1 heterocycles. The second-order valence-corrected chi connectivity index (χ2v) is 6.74. The van der Waals surface area contributed by atoms with Gasteiger partial charge in [-0.25, -0.2) is 0 Å². The first-order valence-corrected chi connectivity index (χ1v) is 8.76. The number of piperidine rings is 1. The highest BCUT2D eigenvalue weighted by molar-refractivity contribution is 5.76. The number of carbonyl (C=O) groups is 1. The second kappa shape index (κ2) is 8.02. The number of nitrogens with one attached hydrogen (secondary N) is 1. The van der Waals surface area contributed by atoms with Crippen LogP contribution in [0.1, 0.15) is 71.6 Å². The first-order chi connectivity index (χ1) is 9.72. The van der Waals surface area contributed by atoms with Crippen LogP contribution in [-0.4, -0.2) is 36.0 Å². The first-order valence-electron chi connectivity index (χ1n) is 8.76. The van der Waals surface area contributed by atoms with E-state index in [2.05, 4.69) is 17.1 Å². The van der Waals surface area contributed by atoms with Crippen molar-refractivity contribution in [1.82, 2.24) is 10.2 Å². The molecule has 0 aromatic carbocycles. The molecule has 0 radical (unpaired) electrons. The quantitative estimate of drug-likeness (QED) is 0.809. The van der Waals surface area contributed by atoms with Gasteiger partial charge in [-0.2, -0.15) is 0 Å². The summed E-state index contributed by atoms with van der Waals surface area (Å²) >= 11 is 0. The summed E-state index contributed by atoms with van der Waals surface area (Å²) in [6.07, 6.45) is 11.2. The molecule has 0 aromatic rings. The Balaban J connectivity index is 1.89. The zero-order chi connectivity index (χ0) is 14.4. The van der Waals surface area contributed by atoms with Crippen molar-refractivity contribution in [2.45, 2.75) is 83.7 Å². The van der Waals surface area contributed by atoms with Crippen molar-refractivity contribution in [3.63, 3.8) is 0 Å². The maximum atomic E-state index is 12.1. The highest BCUT2D eigenvalue weighted by Crippen LogP contribution is 2.25. The summed E-state index contributed by atoms with van der Waals surface area (Å²) in [6, 6.07) is 1.24. The van der Waals surface area contributed by atoms with Gasteiger partial charge >= 0.3 is 0 Å². The van der Waals surface area contributed by atoms with Crippen LogP contribution < -0.4 is 5.32 Å². The lowest BCUT2D eigenvalue weighted by atomic mass is 9.89. The SMILES string of the molecule is CCCCC1CC(NC2CCCC2)CN(C(=O)CC)C1. The fourth-order valence-corrected chi connectivity index (χ4v) is 3.88. The number of unbranched alkanes of at least 4 members (excludes halogenated alkanes) is 1. The van der Waals surface area contributed by atoms with Crippen molar-refractivity contribution in [2.75, 3.05) is 13.1 Å². The van der Waals surface area contributed by atoms with Crippen molar-refractivity contribution < 1.29 is 4.79 Å². The van der Waals surface area contributed by atoms with Gasteiger partial charge in [-0.1, -0.05) is 39.5 Å². The summed E-state index contributed by atoms with van der Waals surface area (Å²) in [5.41, 5.74) is 0. The predicted molar refractivity (Wildman–Crippen MR) is 83.7 cm³/mol. The standard InChI is InChI=1S/C17H32N2O/c1-3-5-8-14-11-16(18-15-9-6-7-10-15)13-19(12-14)17(20)4-2/h14-16,18H,3-13H2,1-2H3. The summed E-state index contributed by atoms with van der Waals surface area (Å²) in [5.74, 6) is 1.04. The molecule has 1 saturated carbocycles. The van der Waals surface area contributed by atoms with Crippen LogP contribution in [0.3, 0.4) is 0 Å². The molecule has 1 amide bonds. The zero-order valence-corrected chi connectivity index (χ0v) is 13.4. The van der Waals surface area contributed by atoms with Crippen molar-refractivity contribution >= 4 is 5.91 Å². The van der Waals surface area contributed by atoms with Crippen molar-refractivity contribution in [2.24, 2.45) is 5.92 Å². The normalized spacial score (nSPS) is 28.0. The molecule has 1 saturated heterocycles. The van der Waals surface area contributed by atoms with E-state index in [9.17, 15) is 4.79 Å². The van der Waals surface area contributed by atoms with Gasteiger partial charge in [0.2, 0.25) is 5.91 Å². The number of hydrogen-bond acceptors (Lipinski definition) is 2. The summed E-state index contributed by atoms with van der Waals surface area (Å²) in [7, 11) is 0. The van der Waals surface area contributed by atoms with Crippen LogP contribution >= 0.6 is 0 Å². The van der Waals surface area contributed by atoms with Crippen molar-refractivity contribution in [3.05, 3.63) is 0 Å². The summed E-state index contributed by atoms with van der Waals surface area (Å²) < 4.78 is 0. The van der Waals surface area contributed by atoms with E-state index in [1.807, 2.05) is 6.92 Å². The van der Waals surface area contributed by atoms with Gasteiger partial charge in [0, 0.05) is 31.6 Å². The van der Waals surface area contributed by atoms with E-state index in [4.69, 9.17) is 0 Å². The Kier molecular flexibility index (Phi) is 6.34. The molecule has 2 fully saturated rings. The predicted octanol–water partition coefficient (Wildman–Crippen LogP) is 3.34. The van der Waals surface area contributed by atoms with E-state index in [1.165, 1.54) is 51.4 Å². The van der Waals surface area contributed by atoms with Crippen molar-refractivity contribution in [1.29, 1.82) is 0 Å². The molecule has 2 aliphatic rings.